The van der Waals surface area contributed by atoms with Crippen molar-refractivity contribution in [2.75, 3.05) is 0 Å². The molecule has 22 heavy (non-hydrogen) atoms. The zero-order valence-electron chi connectivity index (χ0n) is 12.3. The average Bonchev–Trinajstić information content (AvgIpc) is 2.93. The Bertz CT molecular complexity index is 784. The molecule has 5 heteroatoms. The molecule has 3 nitrogen and oxygen atoms in total. The normalized spacial score (nSPS) is 10.7. The monoisotopic (exact) mass is 330 g/mol. The minimum atomic E-state index is 0.567. The van der Waals surface area contributed by atoms with Crippen LogP contribution < -0.4 is 4.74 Å². The van der Waals surface area contributed by atoms with Crippen LogP contribution in [0.1, 0.15) is 22.5 Å². The Morgan fingerprint density at radius 1 is 1.09 bits per heavy atom. The molecule has 0 amide bonds. The number of aryl methyl sites for hydroxylation is 2. The Labute approximate surface area is 138 Å². The highest BCUT2D eigenvalue weighted by atomic mass is 35.5. The number of ether oxygens (including phenoxy) is 1. The van der Waals surface area contributed by atoms with Crippen LogP contribution in [-0.4, -0.2) is 9.36 Å². The van der Waals surface area contributed by atoms with Gasteiger partial charge in [0.1, 0.15) is 5.75 Å². The second kappa shape index (κ2) is 6.46. The zero-order chi connectivity index (χ0) is 15.5. The fraction of sp³-hybridized carbons (Fsp3) is 0.176. The first-order chi connectivity index (χ1) is 10.6. The number of benzene rings is 2. The third-order valence-electron chi connectivity index (χ3n) is 3.27. The molecule has 0 atom stereocenters. The van der Waals surface area contributed by atoms with Gasteiger partial charge < -0.3 is 4.74 Å². The molecule has 0 spiro atoms. The molecule has 0 fully saturated rings. The van der Waals surface area contributed by atoms with Crippen LogP contribution in [0.25, 0.3) is 0 Å². The summed E-state index contributed by atoms with van der Waals surface area (Å²) in [6.07, 6.45) is 0.670. The van der Waals surface area contributed by atoms with Gasteiger partial charge in [-0.2, -0.15) is 9.36 Å². The lowest BCUT2D eigenvalue weighted by Crippen LogP contribution is -1.91. The van der Waals surface area contributed by atoms with Gasteiger partial charge in [-0.25, -0.2) is 0 Å². The summed E-state index contributed by atoms with van der Waals surface area (Å²) in [5.41, 5.74) is 3.37. The van der Waals surface area contributed by atoms with Crippen molar-refractivity contribution >= 4 is 23.1 Å². The van der Waals surface area contributed by atoms with E-state index in [0.717, 1.165) is 33.3 Å². The molecule has 0 saturated carbocycles. The molecular weight excluding hydrogens is 316 g/mol. The summed E-state index contributed by atoms with van der Waals surface area (Å²) in [7, 11) is 0. The van der Waals surface area contributed by atoms with Crippen molar-refractivity contribution in [1.29, 1.82) is 0 Å². The van der Waals surface area contributed by atoms with Crippen LogP contribution in [-0.2, 0) is 6.42 Å². The summed E-state index contributed by atoms with van der Waals surface area (Å²) in [6.45, 7) is 4.06. The number of nitrogens with zero attached hydrogens (tertiary/aromatic N) is 2. The van der Waals surface area contributed by atoms with E-state index in [-0.39, 0.29) is 0 Å². The summed E-state index contributed by atoms with van der Waals surface area (Å²) >= 11 is 7.16. The lowest BCUT2D eigenvalue weighted by atomic mass is 10.1. The number of hydrogen-bond donors (Lipinski definition) is 0. The van der Waals surface area contributed by atoms with E-state index in [1.165, 1.54) is 11.5 Å². The Morgan fingerprint density at radius 3 is 2.64 bits per heavy atom. The molecular formula is C17H15ClN2OS. The second-order valence-electron chi connectivity index (χ2n) is 5.15. The Kier molecular flexibility index (Phi) is 4.41. The van der Waals surface area contributed by atoms with Gasteiger partial charge in [0, 0.05) is 23.0 Å². The van der Waals surface area contributed by atoms with Crippen LogP contribution >= 0.6 is 23.1 Å². The first kappa shape index (κ1) is 15.0. The van der Waals surface area contributed by atoms with Gasteiger partial charge in [0.15, 0.2) is 5.82 Å². The molecule has 1 aromatic heterocycles. The summed E-state index contributed by atoms with van der Waals surface area (Å²) < 4.78 is 10.2. The molecule has 0 aliphatic carbocycles. The zero-order valence-corrected chi connectivity index (χ0v) is 13.9. The van der Waals surface area contributed by atoms with E-state index < -0.39 is 0 Å². The quantitative estimate of drug-likeness (QED) is 0.660. The van der Waals surface area contributed by atoms with Crippen molar-refractivity contribution in [3.05, 3.63) is 70.0 Å². The van der Waals surface area contributed by atoms with Crippen molar-refractivity contribution in [3.8, 4) is 10.9 Å². The minimum Gasteiger partial charge on any atom is -0.430 e. The lowest BCUT2D eigenvalue weighted by Gasteiger charge is -2.05. The average molecular weight is 331 g/mol. The molecule has 2 aromatic carbocycles. The predicted octanol–water partition coefficient (Wildman–Crippen LogP) is 5.19. The van der Waals surface area contributed by atoms with Gasteiger partial charge in [-0.15, -0.1) is 0 Å². The SMILES string of the molecule is Cc1ccc(C)c(Oc2nc(Cc3ccc(Cl)cc3)ns2)c1. The first-order valence-electron chi connectivity index (χ1n) is 6.92. The van der Waals surface area contributed by atoms with Crippen LogP contribution in [0.3, 0.4) is 0 Å². The maximum absolute atomic E-state index is 5.89. The van der Waals surface area contributed by atoms with Crippen LogP contribution in [0.15, 0.2) is 42.5 Å². The third-order valence-corrected chi connectivity index (χ3v) is 4.15. The van der Waals surface area contributed by atoms with Gasteiger partial charge in [-0.3, -0.25) is 0 Å². The van der Waals surface area contributed by atoms with E-state index in [9.17, 15) is 0 Å². The standard InChI is InChI=1S/C17H15ClN2OS/c1-11-3-4-12(2)15(9-11)21-17-19-16(20-22-17)10-13-5-7-14(18)8-6-13/h3-9H,10H2,1-2H3. The molecule has 0 aliphatic heterocycles. The minimum absolute atomic E-state index is 0.567. The van der Waals surface area contributed by atoms with E-state index >= 15 is 0 Å². The molecule has 3 aromatic rings. The van der Waals surface area contributed by atoms with Crippen LogP contribution in [0.4, 0.5) is 0 Å². The van der Waals surface area contributed by atoms with Crippen LogP contribution in [0, 0.1) is 13.8 Å². The van der Waals surface area contributed by atoms with Gasteiger partial charge in [-0.1, -0.05) is 35.9 Å². The van der Waals surface area contributed by atoms with Gasteiger partial charge >= 0.3 is 0 Å². The maximum atomic E-state index is 5.89. The molecule has 0 radical (unpaired) electrons. The number of rotatable bonds is 4. The Balaban J connectivity index is 1.73. The number of halogens is 1. The molecule has 0 N–H and O–H groups in total. The van der Waals surface area contributed by atoms with E-state index in [1.54, 1.807) is 0 Å². The van der Waals surface area contributed by atoms with Crippen molar-refractivity contribution in [2.24, 2.45) is 0 Å². The van der Waals surface area contributed by atoms with E-state index in [2.05, 4.69) is 15.4 Å². The fourth-order valence-corrected chi connectivity index (χ4v) is 2.74. The maximum Gasteiger partial charge on any atom is 0.298 e. The molecule has 0 bridgehead atoms. The summed E-state index contributed by atoms with van der Waals surface area (Å²) in [5, 5.41) is 1.30. The van der Waals surface area contributed by atoms with Crippen LogP contribution in [0.2, 0.25) is 5.02 Å². The molecule has 1 heterocycles. The van der Waals surface area contributed by atoms with Crippen LogP contribution in [0.5, 0.6) is 10.9 Å². The highest BCUT2D eigenvalue weighted by Crippen LogP contribution is 2.27. The van der Waals surface area contributed by atoms with Crippen molar-refractivity contribution in [2.45, 2.75) is 20.3 Å². The van der Waals surface area contributed by atoms with E-state index in [0.29, 0.717) is 11.6 Å². The molecule has 112 valence electrons. The summed E-state index contributed by atoms with van der Waals surface area (Å²) in [5.74, 6) is 1.59. The van der Waals surface area contributed by atoms with E-state index in [1.807, 2.05) is 50.2 Å². The number of aromatic nitrogens is 2. The topological polar surface area (TPSA) is 35.0 Å². The Hall–Kier alpha value is -1.91. The fourth-order valence-electron chi connectivity index (χ4n) is 2.05. The number of hydrogen-bond acceptors (Lipinski definition) is 4. The second-order valence-corrected chi connectivity index (χ2v) is 6.30. The first-order valence-corrected chi connectivity index (χ1v) is 8.07. The molecule has 0 saturated heterocycles. The molecule has 0 aliphatic rings. The van der Waals surface area contributed by atoms with Crippen molar-refractivity contribution in [3.63, 3.8) is 0 Å². The van der Waals surface area contributed by atoms with Gasteiger partial charge in [0.2, 0.25) is 0 Å². The van der Waals surface area contributed by atoms with Crippen molar-refractivity contribution < 1.29 is 4.74 Å². The molecule has 3 rings (SSSR count). The highest BCUT2D eigenvalue weighted by Gasteiger charge is 2.09. The third kappa shape index (κ3) is 3.64. The largest absolute Gasteiger partial charge is 0.430 e. The van der Waals surface area contributed by atoms with E-state index in [4.69, 9.17) is 16.3 Å². The van der Waals surface area contributed by atoms with Crippen molar-refractivity contribution in [1.82, 2.24) is 9.36 Å². The molecule has 0 unspecified atom stereocenters. The predicted molar refractivity (Wildman–Crippen MR) is 90.2 cm³/mol. The highest BCUT2D eigenvalue weighted by molar-refractivity contribution is 7.07. The smallest absolute Gasteiger partial charge is 0.298 e. The summed E-state index contributed by atoms with van der Waals surface area (Å²) in [6, 6.07) is 13.8. The van der Waals surface area contributed by atoms with Gasteiger partial charge in [0.25, 0.3) is 5.19 Å². The Morgan fingerprint density at radius 2 is 1.86 bits per heavy atom. The summed E-state index contributed by atoms with van der Waals surface area (Å²) in [4.78, 5) is 4.45. The lowest BCUT2D eigenvalue weighted by molar-refractivity contribution is 0.473. The van der Waals surface area contributed by atoms with Gasteiger partial charge in [0.05, 0.1) is 0 Å². The van der Waals surface area contributed by atoms with Gasteiger partial charge in [-0.05, 0) is 48.7 Å².